The fourth-order valence-electron chi connectivity index (χ4n) is 4.35. The van der Waals surface area contributed by atoms with Crippen molar-refractivity contribution in [3.63, 3.8) is 0 Å². The minimum atomic E-state index is -0.317. The smallest absolute Gasteiger partial charge is 0.257 e. The van der Waals surface area contributed by atoms with Crippen LogP contribution in [-0.2, 0) is 20.8 Å². The van der Waals surface area contributed by atoms with Crippen molar-refractivity contribution >= 4 is 17.5 Å². The lowest BCUT2D eigenvalue weighted by atomic mass is 10.0. The highest BCUT2D eigenvalue weighted by molar-refractivity contribution is 5.99. The molecule has 0 radical (unpaired) electrons. The number of fused-ring (bicyclic) bond motifs is 1. The largest absolute Gasteiger partial charge is 0.491 e. The molecule has 0 fully saturated rings. The highest BCUT2D eigenvalue weighted by atomic mass is 19.1. The van der Waals surface area contributed by atoms with Gasteiger partial charge in [-0.25, -0.2) is 4.39 Å². The van der Waals surface area contributed by atoms with Gasteiger partial charge in [0.2, 0.25) is 5.91 Å². The number of carbonyl (C=O) groups is 2. The van der Waals surface area contributed by atoms with Crippen molar-refractivity contribution in [2.45, 2.75) is 32.5 Å². The number of hydrogen-bond donors (Lipinski definition) is 1. The van der Waals surface area contributed by atoms with Gasteiger partial charge in [0.25, 0.3) is 5.91 Å². The molecule has 3 rings (SSSR count). The molecule has 2 amide bonds. The predicted octanol–water partition coefficient (Wildman–Crippen LogP) is 3.42. The van der Waals surface area contributed by atoms with Crippen molar-refractivity contribution in [2.75, 3.05) is 52.9 Å². The van der Waals surface area contributed by atoms with Gasteiger partial charge in [0, 0.05) is 52.6 Å². The summed E-state index contributed by atoms with van der Waals surface area (Å²) in [5.74, 6) is -0.304. The summed E-state index contributed by atoms with van der Waals surface area (Å²) in [5.41, 5.74) is 1.70. The average molecular weight is 502 g/mol. The van der Waals surface area contributed by atoms with Crippen LogP contribution < -0.4 is 10.1 Å². The summed E-state index contributed by atoms with van der Waals surface area (Å²) in [5, 5.41) is 2.74. The van der Waals surface area contributed by atoms with Gasteiger partial charge in [-0.05, 0) is 48.7 Å². The number of amides is 2. The molecule has 1 aliphatic heterocycles. The number of likely N-dealkylation sites (N-methyl/N-ethyl adjacent to an activating group) is 1. The zero-order valence-electron chi connectivity index (χ0n) is 21.6. The van der Waals surface area contributed by atoms with Crippen LogP contribution in [0.5, 0.6) is 5.75 Å². The van der Waals surface area contributed by atoms with E-state index in [2.05, 4.69) is 17.1 Å². The molecule has 196 valence electrons. The maximum atomic E-state index is 13.8. The average Bonchev–Trinajstić information content (AvgIpc) is 2.84. The SMILES string of the molecule is COCC(=O)Nc1ccc2c(c1)C(=O)N(C)C[C@H](OC)[C@H](C)CN(Cc1cccc(F)c1)[C@@H](C)CO2. The highest BCUT2D eigenvalue weighted by Gasteiger charge is 2.28. The van der Waals surface area contributed by atoms with Gasteiger partial charge in [-0.3, -0.25) is 14.5 Å². The zero-order chi connectivity index (χ0) is 26.2. The Labute approximate surface area is 212 Å². The standard InChI is InChI=1S/C27H36FN3O5/c1-18-13-31(14-20-7-6-8-21(28)11-20)19(2)16-36-24-10-9-22(29-26(32)17-34-4)12-23(24)27(33)30(3)15-25(18)35-5/h6-12,18-19,25H,13-17H2,1-5H3,(H,29,32)/t18-,19+,25+/m1/s1. The van der Waals surface area contributed by atoms with E-state index in [9.17, 15) is 14.0 Å². The number of halogens is 1. The quantitative estimate of drug-likeness (QED) is 0.654. The second-order valence-corrected chi connectivity index (χ2v) is 9.35. The number of benzene rings is 2. The van der Waals surface area contributed by atoms with Crippen LogP contribution in [0.25, 0.3) is 0 Å². The van der Waals surface area contributed by atoms with Crippen molar-refractivity contribution in [1.29, 1.82) is 0 Å². The van der Waals surface area contributed by atoms with Gasteiger partial charge in [0.15, 0.2) is 0 Å². The molecule has 0 aromatic heterocycles. The summed E-state index contributed by atoms with van der Waals surface area (Å²) in [4.78, 5) is 29.3. The molecule has 0 bridgehead atoms. The van der Waals surface area contributed by atoms with Crippen LogP contribution in [0.1, 0.15) is 29.8 Å². The summed E-state index contributed by atoms with van der Waals surface area (Å²) < 4.78 is 30.6. The molecule has 1 N–H and O–H groups in total. The fourth-order valence-corrected chi connectivity index (χ4v) is 4.35. The molecule has 0 saturated heterocycles. The molecule has 2 aromatic rings. The van der Waals surface area contributed by atoms with Crippen molar-refractivity contribution in [3.05, 3.63) is 59.4 Å². The van der Waals surface area contributed by atoms with Crippen LogP contribution in [-0.4, -0.2) is 81.3 Å². The molecule has 9 heteroatoms. The maximum Gasteiger partial charge on any atom is 0.257 e. The Morgan fingerprint density at radius 3 is 2.64 bits per heavy atom. The number of carbonyl (C=O) groups excluding carboxylic acids is 2. The van der Waals surface area contributed by atoms with Gasteiger partial charge < -0.3 is 24.4 Å². The predicted molar refractivity (Wildman–Crippen MR) is 136 cm³/mol. The first-order valence-corrected chi connectivity index (χ1v) is 12.0. The Balaban J connectivity index is 1.92. The zero-order valence-corrected chi connectivity index (χ0v) is 21.6. The Morgan fingerprint density at radius 1 is 1.17 bits per heavy atom. The van der Waals surface area contributed by atoms with Gasteiger partial charge in [0.1, 0.15) is 24.8 Å². The lowest BCUT2D eigenvalue weighted by Crippen LogP contribution is -2.46. The molecular weight excluding hydrogens is 465 g/mol. The molecule has 3 atom stereocenters. The number of ether oxygens (including phenoxy) is 3. The van der Waals surface area contributed by atoms with Crippen LogP contribution in [0.15, 0.2) is 42.5 Å². The van der Waals surface area contributed by atoms with E-state index >= 15 is 0 Å². The van der Waals surface area contributed by atoms with E-state index in [1.807, 2.05) is 13.0 Å². The van der Waals surface area contributed by atoms with Crippen molar-refractivity contribution in [2.24, 2.45) is 5.92 Å². The molecule has 1 aliphatic rings. The fraction of sp³-hybridized carbons (Fsp3) is 0.481. The number of hydrogen-bond acceptors (Lipinski definition) is 6. The molecule has 1 heterocycles. The molecule has 0 saturated carbocycles. The van der Waals surface area contributed by atoms with E-state index in [1.54, 1.807) is 49.4 Å². The van der Waals surface area contributed by atoms with Crippen LogP contribution >= 0.6 is 0 Å². The van der Waals surface area contributed by atoms with Gasteiger partial charge in [-0.15, -0.1) is 0 Å². The number of methoxy groups -OCH3 is 2. The highest BCUT2D eigenvalue weighted by Crippen LogP contribution is 2.27. The monoisotopic (exact) mass is 501 g/mol. The molecule has 0 spiro atoms. The molecule has 2 aromatic carbocycles. The van der Waals surface area contributed by atoms with Crippen LogP contribution in [0.3, 0.4) is 0 Å². The third-order valence-corrected chi connectivity index (χ3v) is 6.41. The lowest BCUT2D eigenvalue weighted by molar-refractivity contribution is -0.119. The minimum absolute atomic E-state index is 0.0330. The molecule has 0 aliphatic carbocycles. The summed E-state index contributed by atoms with van der Waals surface area (Å²) in [6.07, 6.45) is -0.213. The topological polar surface area (TPSA) is 80.3 Å². The number of anilines is 1. The molecule has 0 unspecified atom stereocenters. The number of rotatable bonds is 6. The Kier molecular flexibility index (Phi) is 9.81. The summed E-state index contributed by atoms with van der Waals surface area (Å²) >= 11 is 0. The summed E-state index contributed by atoms with van der Waals surface area (Å²) in [7, 11) is 4.81. The van der Waals surface area contributed by atoms with E-state index < -0.39 is 0 Å². The van der Waals surface area contributed by atoms with Gasteiger partial charge >= 0.3 is 0 Å². The Morgan fingerprint density at radius 2 is 1.94 bits per heavy atom. The van der Waals surface area contributed by atoms with E-state index in [1.165, 1.54) is 13.2 Å². The summed E-state index contributed by atoms with van der Waals surface area (Å²) in [6.45, 7) is 5.97. The first-order valence-electron chi connectivity index (χ1n) is 12.0. The second-order valence-electron chi connectivity index (χ2n) is 9.35. The normalized spacial score (nSPS) is 21.7. The number of nitrogens with one attached hydrogen (secondary N) is 1. The summed E-state index contributed by atoms with van der Waals surface area (Å²) in [6, 6.07) is 11.6. The third kappa shape index (κ3) is 7.25. The van der Waals surface area contributed by atoms with Crippen molar-refractivity contribution in [1.82, 2.24) is 9.80 Å². The van der Waals surface area contributed by atoms with E-state index in [0.29, 0.717) is 43.2 Å². The first kappa shape index (κ1) is 27.6. The van der Waals surface area contributed by atoms with Gasteiger partial charge in [-0.1, -0.05) is 19.1 Å². The third-order valence-electron chi connectivity index (χ3n) is 6.41. The maximum absolute atomic E-state index is 13.8. The van der Waals surface area contributed by atoms with Crippen molar-refractivity contribution < 1.29 is 28.2 Å². The molecular formula is C27H36FN3O5. The van der Waals surface area contributed by atoms with Crippen LogP contribution in [0.4, 0.5) is 10.1 Å². The van der Waals surface area contributed by atoms with Crippen LogP contribution in [0.2, 0.25) is 0 Å². The lowest BCUT2D eigenvalue weighted by Gasteiger charge is -2.36. The molecule has 36 heavy (non-hydrogen) atoms. The van der Waals surface area contributed by atoms with Crippen LogP contribution in [0, 0.1) is 11.7 Å². The number of nitrogens with zero attached hydrogens (tertiary/aromatic N) is 2. The second kappa shape index (κ2) is 12.8. The van der Waals surface area contributed by atoms with Gasteiger partial charge in [-0.2, -0.15) is 0 Å². The Bertz CT molecular complexity index is 1050. The van der Waals surface area contributed by atoms with E-state index in [-0.39, 0.29) is 42.3 Å². The molecule has 8 nitrogen and oxygen atoms in total. The minimum Gasteiger partial charge on any atom is -0.491 e. The first-order chi connectivity index (χ1) is 17.2. The van der Waals surface area contributed by atoms with Crippen molar-refractivity contribution in [3.8, 4) is 5.75 Å². The Hall–Kier alpha value is -3.01. The van der Waals surface area contributed by atoms with E-state index in [4.69, 9.17) is 14.2 Å². The van der Waals surface area contributed by atoms with Gasteiger partial charge in [0.05, 0.1) is 11.7 Å². The van der Waals surface area contributed by atoms with E-state index in [0.717, 1.165) is 5.56 Å².